The van der Waals surface area contributed by atoms with Crippen LogP contribution in [0.4, 0.5) is 0 Å². The van der Waals surface area contributed by atoms with Gasteiger partial charge in [0.05, 0.1) is 18.7 Å². The van der Waals surface area contributed by atoms with Crippen molar-refractivity contribution < 1.29 is 9.32 Å². The lowest BCUT2D eigenvalue weighted by Gasteiger charge is -2.05. The lowest BCUT2D eigenvalue weighted by Crippen LogP contribution is -2.27. The predicted molar refractivity (Wildman–Crippen MR) is 74.6 cm³/mol. The molecular formula is C14H14N4O3. The molecule has 108 valence electrons. The number of aromatic nitrogens is 3. The van der Waals surface area contributed by atoms with E-state index in [9.17, 15) is 9.59 Å². The summed E-state index contributed by atoms with van der Waals surface area (Å²) < 4.78 is 6.32. The number of terminal acetylenes is 1. The number of hydrogen-bond acceptors (Lipinski definition) is 5. The fourth-order valence-corrected chi connectivity index (χ4v) is 1.67. The van der Waals surface area contributed by atoms with Gasteiger partial charge in [0.1, 0.15) is 0 Å². The van der Waals surface area contributed by atoms with Crippen molar-refractivity contribution in [2.75, 3.05) is 6.54 Å². The Morgan fingerprint density at radius 1 is 1.52 bits per heavy atom. The fraction of sp³-hybridized carbons (Fsp3) is 0.286. The van der Waals surface area contributed by atoms with E-state index in [1.807, 2.05) is 6.92 Å². The SMILES string of the molecule is C#CCNC(=O)c1ccc(=O)n(Cc2noc(CC)n2)c1. The Labute approximate surface area is 121 Å². The standard InChI is InChI=1S/C14H14N4O3/c1-3-7-15-14(20)10-5-6-13(19)18(8-10)9-11-16-12(4-2)21-17-11/h1,5-6,8H,4,7,9H2,2H3,(H,15,20). The Balaban J connectivity index is 2.21. The average molecular weight is 286 g/mol. The van der Waals surface area contributed by atoms with Crippen LogP contribution in [0.5, 0.6) is 0 Å². The second-order valence-corrected chi connectivity index (χ2v) is 4.23. The van der Waals surface area contributed by atoms with Crippen LogP contribution >= 0.6 is 0 Å². The van der Waals surface area contributed by atoms with E-state index in [2.05, 4.69) is 21.4 Å². The highest BCUT2D eigenvalue weighted by molar-refractivity contribution is 5.93. The number of hydrogen-bond donors (Lipinski definition) is 1. The molecule has 0 unspecified atom stereocenters. The topological polar surface area (TPSA) is 90.0 Å². The molecule has 7 heteroatoms. The molecule has 21 heavy (non-hydrogen) atoms. The molecule has 2 aromatic heterocycles. The van der Waals surface area contributed by atoms with Crippen molar-refractivity contribution in [3.63, 3.8) is 0 Å². The third-order valence-electron chi connectivity index (χ3n) is 2.72. The number of nitrogens with zero attached hydrogens (tertiary/aromatic N) is 3. The van der Waals surface area contributed by atoms with Crippen molar-refractivity contribution in [3.8, 4) is 12.3 Å². The number of pyridine rings is 1. The Morgan fingerprint density at radius 2 is 2.33 bits per heavy atom. The lowest BCUT2D eigenvalue weighted by atomic mass is 10.2. The van der Waals surface area contributed by atoms with E-state index < -0.39 is 0 Å². The molecule has 0 atom stereocenters. The van der Waals surface area contributed by atoms with Crippen LogP contribution in [0.3, 0.4) is 0 Å². The zero-order chi connectivity index (χ0) is 15.2. The van der Waals surface area contributed by atoms with Gasteiger partial charge in [-0.1, -0.05) is 18.0 Å². The minimum Gasteiger partial charge on any atom is -0.341 e. The fourth-order valence-electron chi connectivity index (χ4n) is 1.67. The molecule has 0 spiro atoms. The summed E-state index contributed by atoms with van der Waals surface area (Å²) >= 11 is 0. The van der Waals surface area contributed by atoms with Crippen LogP contribution in [0, 0.1) is 12.3 Å². The molecule has 2 heterocycles. The summed E-state index contributed by atoms with van der Waals surface area (Å²) in [4.78, 5) is 27.7. The van der Waals surface area contributed by atoms with Crippen LogP contribution in [0.2, 0.25) is 0 Å². The first-order chi connectivity index (χ1) is 10.1. The summed E-state index contributed by atoms with van der Waals surface area (Å²) in [5.74, 6) is 2.85. The van der Waals surface area contributed by atoms with E-state index in [4.69, 9.17) is 10.9 Å². The molecule has 0 radical (unpaired) electrons. The normalized spacial score (nSPS) is 10.1. The highest BCUT2D eigenvalue weighted by Crippen LogP contribution is 2.01. The molecule has 0 saturated heterocycles. The molecule has 2 aromatic rings. The molecule has 2 rings (SSSR count). The average Bonchev–Trinajstić information content (AvgIpc) is 2.94. The van der Waals surface area contributed by atoms with E-state index in [1.165, 1.54) is 22.9 Å². The second kappa shape index (κ2) is 6.52. The largest absolute Gasteiger partial charge is 0.341 e. The maximum Gasteiger partial charge on any atom is 0.253 e. The number of amides is 1. The van der Waals surface area contributed by atoms with Crippen LogP contribution in [-0.4, -0.2) is 27.2 Å². The maximum absolute atomic E-state index is 11.8. The van der Waals surface area contributed by atoms with Gasteiger partial charge in [-0.2, -0.15) is 4.98 Å². The van der Waals surface area contributed by atoms with Crippen LogP contribution in [-0.2, 0) is 13.0 Å². The maximum atomic E-state index is 11.8. The minimum atomic E-state index is -0.343. The van der Waals surface area contributed by atoms with E-state index in [-0.39, 0.29) is 24.6 Å². The summed E-state index contributed by atoms with van der Waals surface area (Å²) in [6, 6.07) is 2.75. The van der Waals surface area contributed by atoms with Crippen molar-refractivity contribution in [2.45, 2.75) is 19.9 Å². The molecule has 1 amide bonds. The number of carbonyl (C=O) groups is 1. The van der Waals surface area contributed by atoms with Crippen LogP contribution in [0.1, 0.15) is 29.0 Å². The van der Waals surface area contributed by atoms with Gasteiger partial charge in [0.15, 0.2) is 5.82 Å². The summed E-state index contributed by atoms with van der Waals surface area (Å²) in [5, 5.41) is 6.31. The molecule has 0 aliphatic carbocycles. The number of nitrogens with one attached hydrogen (secondary N) is 1. The minimum absolute atomic E-state index is 0.128. The van der Waals surface area contributed by atoms with Crippen molar-refractivity contribution in [3.05, 3.63) is 46.0 Å². The predicted octanol–water partition coefficient (Wildman–Crippen LogP) is 0.205. The zero-order valence-corrected chi connectivity index (χ0v) is 11.5. The van der Waals surface area contributed by atoms with Crippen molar-refractivity contribution in [2.24, 2.45) is 0 Å². The summed E-state index contributed by atoms with van der Waals surface area (Å²) in [5.41, 5.74) is 0.0791. The van der Waals surface area contributed by atoms with Crippen molar-refractivity contribution >= 4 is 5.91 Å². The van der Waals surface area contributed by atoms with Gasteiger partial charge in [0.25, 0.3) is 11.5 Å². The molecule has 7 nitrogen and oxygen atoms in total. The lowest BCUT2D eigenvalue weighted by molar-refractivity contribution is 0.0958. The molecule has 0 aliphatic rings. The van der Waals surface area contributed by atoms with Gasteiger partial charge in [0, 0.05) is 18.7 Å². The number of rotatable bonds is 5. The van der Waals surface area contributed by atoms with E-state index in [1.54, 1.807) is 0 Å². The smallest absolute Gasteiger partial charge is 0.253 e. The first kappa shape index (κ1) is 14.5. The van der Waals surface area contributed by atoms with Crippen LogP contribution in [0.15, 0.2) is 27.6 Å². The van der Waals surface area contributed by atoms with Gasteiger partial charge in [0.2, 0.25) is 5.89 Å². The third-order valence-corrected chi connectivity index (χ3v) is 2.72. The first-order valence-corrected chi connectivity index (χ1v) is 6.37. The van der Waals surface area contributed by atoms with Gasteiger partial charge in [-0.25, -0.2) is 0 Å². The van der Waals surface area contributed by atoms with Crippen LogP contribution in [0.25, 0.3) is 0 Å². The summed E-state index contributed by atoms with van der Waals surface area (Å²) in [7, 11) is 0. The van der Waals surface area contributed by atoms with Gasteiger partial charge in [-0.05, 0) is 6.07 Å². The second-order valence-electron chi connectivity index (χ2n) is 4.23. The summed E-state index contributed by atoms with van der Waals surface area (Å²) in [6.07, 6.45) is 7.14. The molecule has 0 bridgehead atoms. The van der Waals surface area contributed by atoms with Gasteiger partial charge < -0.3 is 14.4 Å². The molecular weight excluding hydrogens is 272 g/mol. The van der Waals surface area contributed by atoms with Gasteiger partial charge >= 0.3 is 0 Å². The molecule has 0 aliphatic heterocycles. The van der Waals surface area contributed by atoms with Gasteiger partial charge in [-0.3, -0.25) is 9.59 Å². The highest BCUT2D eigenvalue weighted by Gasteiger charge is 2.10. The van der Waals surface area contributed by atoms with Crippen molar-refractivity contribution in [1.29, 1.82) is 0 Å². The summed E-state index contributed by atoms with van der Waals surface area (Å²) in [6.45, 7) is 2.15. The number of carbonyl (C=O) groups excluding carboxylic acids is 1. The quantitative estimate of drug-likeness (QED) is 0.793. The van der Waals surface area contributed by atoms with E-state index >= 15 is 0 Å². The third kappa shape index (κ3) is 3.57. The van der Waals surface area contributed by atoms with E-state index in [0.717, 1.165) is 0 Å². The Morgan fingerprint density at radius 3 is 3.00 bits per heavy atom. The molecule has 0 saturated carbocycles. The highest BCUT2D eigenvalue weighted by atomic mass is 16.5. The Kier molecular flexibility index (Phi) is 4.51. The van der Waals surface area contributed by atoms with Gasteiger partial charge in [-0.15, -0.1) is 6.42 Å². The molecule has 1 N–H and O–H groups in total. The van der Waals surface area contributed by atoms with Crippen molar-refractivity contribution in [1.82, 2.24) is 20.0 Å². The van der Waals surface area contributed by atoms with E-state index in [0.29, 0.717) is 23.7 Å². The monoisotopic (exact) mass is 286 g/mol. The Bertz CT molecular complexity index is 739. The van der Waals surface area contributed by atoms with Crippen LogP contribution < -0.4 is 10.9 Å². The first-order valence-electron chi connectivity index (χ1n) is 6.37. The zero-order valence-electron chi connectivity index (χ0n) is 11.5. The molecule has 0 fully saturated rings. The molecule has 0 aromatic carbocycles. The number of aryl methyl sites for hydroxylation is 1. The Hall–Kier alpha value is -2.88.